The number of rotatable bonds is 3. The average Bonchev–Trinajstić information content (AvgIpc) is 3.08. The molecule has 17 heavy (non-hydrogen) atoms. The number of piperazine rings is 1. The van der Waals surface area contributed by atoms with Crippen molar-refractivity contribution in [3.8, 4) is 0 Å². The third-order valence-corrected chi connectivity index (χ3v) is 3.40. The van der Waals surface area contributed by atoms with Crippen LogP contribution < -0.4 is 5.73 Å². The van der Waals surface area contributed by atoms with Crippen LogP contribution in [-0.2, 0) is 14.3 Å². The second kappa shape index (κ2) is 4.62. The Kier molecular flexibility index (Phi) is 3.35. The van der Waals surface area contributed by atoms with Crippen molar-refractivity contribution < 1.29 is 14.3 Å². The molecule has 0 atom stereocenters. The zero-order valence-electron chi connectivity index (χ0n) is 10.1. The zero-order chi connectivity index (χ0) is 12.5. The molecule has 6 heteroatoms. The van der Waals surface area contributed by atoms with Crippen LogP contribution in [0.3, 0.4) is 0 Å². The molecule has 6 nitrogen and oxygen atoms in total. The molecule has 0 aromatic heterocycles. The predicted molar refractivity (Wildman–Crippen MR) is 61.2 cm³/mol. The van der Waals surface area contributed by atoms with E-state index >= 15 is 0 Å². The second-order valence-electron chi connectivity index (χ2n) is 4.76. The molecule has 1 aliphatic carbocycles. The maximum atomic E-state index is 12.0. The number of carbonyl (C=O) groups excluding carboxylic acids is 2. The molecular weight excluding hydrogens is 222 g/mol. The van der Waals surface area contributed by atoms with Gasteiger partial charge in [0.05, 0.1) is 5.54 Å². The van der Waals surface area contributed by atoms with Crippen LogP contribution in [0.25, 0.3) is 0 Å². The van der Waals surface area contributed by atoms with Crippen LogP contribution in [0.2, 0.25) is 0 Å². The van der Waals surface area contributed by atoms with Crippen molar-refractivity contribution >= 4 is 11.8 Å². The van der Waals surface area contributed by atoms with Crippen LogP contribution in [0, 0.1) is 0 Å². The van der Waals surface area contributed by atoms with Crippen LogP contribution in [-0.4, -0.2) is 67.0 Å². The Morgan fingerprint density at radius 2 is 1.71 bits per heavy atom. The van der Waals surface area contributed by atoms with Gasteiger partial charge in [-0.3, -0.25) is 9.59 Å². The number of hydrogen-bond acceptors (Lipinski definition) is 4. The molecule has 0 spiro atoms. The summed E-state index contributed by atoms with van der Waals surface area (Å²) in [5, 5.41) is 0. The summed E-state index contributed by atoms with van der Waals surface area (Å²) < 4.78 is 4.80. The molecule has 0 radical (unpaired) electrons. The number of ether oxygens (including phenoxy) is 1. The smallest absolute Gasteiger partial charge is 0.248 e. The molecular formula is C11H19N3O3. The summed E-state index contributed by atoms with van der Waals surface area (Å²) in [7, 11) is 1.50. The van der Waals surface area contributed by atoms with Gasteiger partial charge in [-0.2, -0.15) is 0 Å². The highest BCUT2D eigenvalue weighted by atomic mass is 16.5. The van der Waals surface area contributed by atoms with E-state index in [2.05, 4.69) is 0 Å². The minimum absolute atomic E-state index is 0.0199. The van der Waals surface area contributed by atoms with E-state index in [1.165, 1.54) is 7.11 Å². The first-order valence-corrected chi connectivity index (χ1v) is 5.92. The Hall–Kier alpha value is -1.14. The summed E-state index contributed by atoms with van der Waals surface area (Å²) in [6, 6.07) is 0. The third-order valence-electron chi connectivity index (χ3n) is 3.40. The number of hydrogen-bond donors (Lipinski definition) is 1. The number of nitrogens with zero attached hydrogens (tertiary/aromatic N) is 2. The summed E-state index contributed by atoms with van der Waals surface area (Å²) in [6.07, 6.45) is 1.57. The lowest BCUT2D eigenvalue weighted by molar-refractivity contribution is -0.142. The maximum Gasteiger partial charge on any atom is 0.248 e. The number of carbonyl (C=O) groups is 2. The fraction of sp³-hybridized carbons (Fsp3) is 0.818. The quantitative estimate of drug-likeness (QED) is 0.673. The molecule has 0 aromatic carbocycles. The third kappa shape index (κ3) is 2.58. The Bertz CT molecular complexity index is 320. The fourth-order valence-electron chi connectivity index (χ4n) is 2.04. The van der Waals surface area contributed by atoms with Gasteiger partial charge in [0.15, 0.2) is 0 Å². The second-order valence-corrected chi connectivity index (χ2v) is 4.76. The van der Waals surface area contributed by atoms with E-state index in [1.807, 2.05) is 0 Å². The standard InChI is InChI=1S/C11H19N3O3/c1-17-8-9(15)13-4-6-14(7-5-13)10(16)11(12)2-3-11/h2-8,12H2,1H3. The average molecular weight is 241 g/mol. The minimum atomic E-state index is -0.599. The first kappa shape index (κ1) is 12.3. The highest BCUT2D eigenvalue weighted by Gasteiger charge is 2.48. The molecule has 2 fully saturated rings. The number of nitrogens with two attached hydrogens (primary N) is 1. The molecule has 1 aliphatic heterocycles. The van der Waals surface area contributed by atoms with Crippen molar-refractivity contribution in [2.75, 3.05) is 39.9 Å². The molecule has 0 unspecified atom stereocenters. The lowest BCUT2D eigenvalue weighted by Crippen LogP contribution is -2.55. The SMILES string of the molecule is COCC(=O)N1CCN(C(=O)C2(N)CC2)CC1. The monoisotopic (exact) mass is 241 g/mol. The summed E-state index contributed by atoms with van der Waals surface area (Å²) >= 11 is 0. The van der Waals surface area contributed by atoms with Crippen molar-refractivity contribution in [1.82, 2.24) is 9.80 Å². The summed E-state index contributed by atoms with van der Waals surface area (Å²) in [5.41, 5.74) is 5.27. The molecule has 0 bridgehead atoms. The number of methoxy groups -OCH3 is 1. The molecule has 2 rings (SSSR count). The van der Waals surface area contributed by atoms with E-state index in [-0.39, 0.29) is 18.4 Å². The van der Waals surface area contributed by atoms with Gasteiger partial charge in [0, 0.05) is 33.3 Å². The molecule has 2 amide bonds. The minimum Gasteiger partial charge on any atom is -0.375 e. The van der Waals surface area contributed by atoms with Crippen molar-refractivity contribution in [3.05, 3.63) is 0 Å². The molecule has 1 heterocycles. The van der Waals surface area contributed by atoms with Gasteiger partial charge in [0.25, 0.3) is 0 Å². The van der Waals surface area contributed by atoms with Crippen LogP contribution in [0.5, 0.6) is 0 Å². The largest absolute Gasteiger partial charge is 0.375 e. The van der Waals surface area contributed by atoms with Gasteiger partial charge in [-0.25, -0.2) is 0 Å². The zero-order valence-corrected chi connectivity index (χ0v) is 10.1. The van der Waals surface area contributed by atoms with Crippen LogP contribution in [0.15, 0.2) is 0 Å². The van der Waals surface area contributed by atoms with Crippen LogP contribution in [0.4, 0.5) is 0 Å². The lowest BCUT2D eigenvalue weighted by Gasteiger charge is -2.35. The van der Waals surface area contributed by atoms with Crippen LogP contribution >= 0.6 is 0 Å². The predicted octanol–water partition coefficient (Wildman–Crippen LogP) is -1.21. The summed E-state index contributed by atoms with van der Waals surface area (Å²) in [5.74, 6) is 0.0184. The van der Waals surface area contributed by atoms with Gasteiger partial charge in [0.2, 0.25) is 11.8 Å². The van der Waals surface area contributed by atoms with Gasteiger partial charge in [-0.1, -0.05) is 0 Å². The maximum absolute atomic E-state index is 12.0. The van der Waals surface area contributed by atoms with Crippen LogP contribution in [0.1, 0.15) is 12.8 Å². The van der Waals surface area contributed by atoms with E-state index < -0.39 is 5.54 Å². The topological polar surface area (TPSA) is 75.9 Å². The number of amides is 2. The molecule has 0 aromatic rings. The highest BCUT2D eigenvalue weighted by molar-refractivity contribution is 5.89. The summed E-state index contributed by atoms with van der Waals surface area (Å²) in [4.78, 5) is 27.0. The Morgan fingerprint density at radius 3 is 2.18 bits per heavy atom. The molecule has 2 aliphatic rings. The van der Waals surface area contributed by atoms with E-state index in [0.717, 1.165) is 12.8 Å². The Balaban J connectivity index is 1.82. The van der Waals surface area contributed by atoms with Crippen molar-refractivity contribution in [2.45, 2.75) is 18.4 Å². The Morgan fingerprint density at radius 1 is 1.18 bits per heavy atom. The van der Waals surface area contributed by atoms with E-state index in [1.54, 1.807) is 9.80 Å². The van der Waals surface area contributed by atoms with Gasteiger partial charge in [-0.05, 0) is 12.8 Å². The fourth-order valence-corrected chi connectivity index (χ4v) is 2.04. The van der Waals surface area contributed by atoms with Crippen molar-refractivity contribution in [3.63, 3.8) is 0 Å². The highest BCUT2D eigenvalue weighted by Crippen LogP contribution is 2.34. The first-order valence-electron chi connectivity index (χ1n) is 5.92. The molecule has 96 valence electrons. The first-order chi connectivity index (χ1) is 8.07. The lowest BCUT2D eigenvalue weighted by atomic mass is 10.2. The molecule has 1 saturated carbocycles. The van der Waals surface area contributed by atoms with E-state index in [9.17, 15) is 9.59 Å². The normalized spacial score (nSPS) is 22.5. The van der Waals surface area contributed by atoms with Gasteiger partial charge < -0.3 is 20.3 Å². The van der Waals surface area contributed by atoms with E-state index in [4.69, 9.17) is 10.5 Å². The van der Waals surface area contributed by atoms with Gasteiger partial charge >= 0.3 is 0 Å². The van der Waals surface area contributed by atoms with Crippen molar-refractivity contribution in [2.24, 2.45) is 5.73 Å². The Labute approximate surface area is 101 Å². The molecule has 1 saturated heterocycles. The van der Waals surface area contributed by atoms with Gasteiger partial charge in [0.1, 0.15) is 6.61 Å². The molecule has 2 N–H and O–H groups in total. The van der Waals surface area contributed by atoms with Gasteiger partial charge in [-0.15, -0.1) is 0 Å². The summed E-state index contributed by atoms with van der Waals surface area (Å²) in [6.45, 7) is 2.41. The van der Waals surface area contributed by atoms with E-state index in [0.29, 0.717) is 26.2 Å². The van der Waals surface area contributed by atoms with Crippen molar-refractivity contribution in [1.29, 1.82) is 0 Å².